The van der Waals surface area contributed by atoms with Gasteiger partial charge in [-0.1, -0.05) is 19.1 Å². The fourth-order valence-corrected chi connectivity index (χ4v) is 5.18. The van der Waals surface area contributed by atoms with E-state index in [0.29, 0.717) is 11.3 Å². The molecule has 4 aliphatic rings. The molecule has 0 aromatic heterocycles. The molecule has 2 bridgehead atoms. The molecule has 1 saturated carbocycles. The van der Waals surface area contributed by atoms with E-state index in [4.69, 9.17) is 4.42 Å². The zero-order valence-corrected chi connectivity index (χ0v) is 14.6. The summed E-state index contributed by atoms with van der Waals surface area (Å²) in [7, 11) is 0. The van der Waals surface area contributed by atoms with E-state index in [9.17, 15) is 19.8 Å². The van der Waals surface area contributed by atoms with Crippen LogP contribution in [0.15, 0.2) is 57.8 Å². The van der Waals surface area contributed by atoms with Gasteiger partial charge in [0.15, 0.2) is 5.43 Å². The Morgan fingerprint density at radius 3 is 2.63 bits per heavy atom. The van der Waals surface area contributed by atoms with Crippen LogP contribution in [0.4, 0.5) is 0 Å². The second kappa shape index (κ2) is 5.46. The van der Waals surface area contributed by atoms with Crippen LogP contribution in [0.2, 0.25) is 0 Å². The molecule has 0 unspecified atom stereocenters. The smallest absolute Gasteiger partial charge is 0.307 e. The van der Waals surface area contributed by atoms with Crippen molar-refractivity contribution in [2.45, 2.75) is 12.8 Å². The van der Waals surface area contributed by atoms with Crippen molar-refractivity contribution >= 4 is 16.9 Å². The van der Waals surface area contributed by atoms with Gasteiger partial charge in [0.2, 0.25) is 0 Å². The monoisotopic (exact) mass is 362 g/mol. The highest BCUT2D eigenvalue weighted by Gasteiger charge is 2.54. The summed E-state index contributed by atoms with van der Waals surface area (Å²) in [6.07, 6.45) is 4.16. The molecule has 5 nitrogen and oxygen atoms in total. The number of fused-ring (bicyclic) bond motifs is 4. The minimum Gasteiger partial charge on any atom is -0.508 e. The highest BCUT2D eigenvalue weighted by Crippen LogP contribution is 2.59. The van der Waals surface area contributed by atoms with Crippen LogP contribution in [0.3, 0.4) is 0 Å². The lowest BCUT2D eigenvalue weighted by Crippen LogP contribution is -2.26. The van der Waals surface area contributed by atoms with E-state index < -0.39 is 11.9 Å². The first-order chi connectivity index (χ1) is 13.0. The van der Waals surface area contributed by atoms with Gasteiger partial charge in [-0.05, 0) is 47.6 Å². The van der Waals surface area contributed by atoms with E-state index in [1.165, 1.54) is 18.2 Å². The summed E-state index contributed by atoms with van der Waals surface area (Å²) in [5, 5.41) is 20.6. The van der Waals surface area contributed by atoms with E-state index in [2.05, 4.69) is 13.0 Å². The van der Waals surface area contributed by atoms with E-state index in [1.807, 2.05) is 6.08 Å². The van der Waals surface area contributed by atoms with Crippen LogP contribution in [0.5, 0.6) is 5.75 Å². The molecule has 0 saturated heterocycles. The second-order valence-electron chi connectivity index (χ2n) is 7.64. The molecule has 0 amide bonds. The first kappa shape index (κ1) is 16.1. The van der Waals surface area contributed by atoms with Crippen molar-refractivity contribution < 1.29 is 19.4 Å². The van der Waals surface area contributed by atoms with Gasteiger partial charge in [-0.2, -0.15) is 0 Å². The Morgan fingerprint density at radius 2 is 1.85 bits per heavy atom. The van der Waals surface area contributed by atoms with Crippen molar-refractivity contribution in [3.8, 4) is 17.1 Å². The molecular weight excluding hydrogens is 344 g/mol. The molecule has 1 aliphatic heterocycles. The van der Waals surface area contributed by atoms with Gasteiger partial charge in [0.25, 0.3) is 0 Å². The largest absolute Gasteiger partial charge is 0.508 e. The highest BCUT2D eigenvalue weighted by atomic mass is 16.4. The first-order valence-electron chi connectivity index (χ1n) is 9.06. The molecule has 136 valence electrons. The summed E-state index contributed by atoms with van der Waals surface area (Å²) in [6, 6.07) is 9.49. The van der Waals surface area contributed by atoms with E-state index in [-0.39, 0.29) is 34.8 Å². The van der Waals surface area contributed by atoms with Crippen molar-refractivity contribution in [1.29, 1.82) is 0 Å². The SMILES string of the molecule is C[C@H]1[C@@H]2C=C[C@@H]1[C@@H](c1c3ccc(=O)cc-3oc3cc(O)ccc13)[C@H]2C(=O)O. The molecule has 0 radical (unpaired) electrons. The lowest BCUT2D eigenvalue weighted by molar-refractivity contribution is -0.143. The molecule has 5 heteroatoms. The zero-order valence-electron chi connectivity index (χ0n) is 14.6. The van der Waals surface area contributed by atoms with Gasteiger partial charge in [0.05, 0.1) is 5.92 Å². The predicted octanol–water partition coefficient (Wildman–Crippen LogP) is 3.84. The van der Waals surface area contributed by atoms with Gasteiger partial charge >= 0.3 is 5.97 Å². The summed E-state index contributed by atoms with van der Waals surface area (Å²) >= 11 is 0. The highest BCUT2D eigenvalue weighted by molar-refractivity contribution is 5.91. The Labute approximate surface area is 154 Å². The average Bonchev–Trinajstić information content (AvgIpc) is 3.12. The van der Waals surface area contributed by atoms with Gasteiger partial charge in [-0.3, -0.25) is 9.59 Å². The fraction of sp³-hybridized carbons (Fsp3) is 0.273. The molecule has 0 spiro atoms. The summed E-state index contributed by atoms with van der Waals surface area (Å²) in [5.41, 5.74) is 1.93. The molecule has 1 aromatic rings. The Bertz CT molecular complexity index is 1140. The van der Waals surface area contributed by atoms with Crippen LogP contribution < -0.4 is 5.43 Å². The van der Waals surface area contributed by atoms with Crippen molar-refractivity contribution in [2.75, 3.05) is 0 Å². The standard InChI is InChI=1S/C22H18O5/c1-10-13-6-7-14(10)21(22(25)26)20(13)19-15-4-2-11(23)8-17(15)27-18-9-12(24)3-5-16(18)19/h2-10,13-14,20-21,23H,1H3,(H,25,26)/t10-,13+,14+,20+,21+/m1/s1. The topological polar surface area (TPSA) is 87.7 Å². The number of hydrogen-bond donors (Lipinski definition) is 2. The predicted molar refractivity (Wildman–Crippen MR) is 99.9 cm³/mol. The van der Waals surface area contributed by atoms with E-state index >= 15 is 0 Å². The molecule has 27 heavy (non-hydrogen) atoms. The summed E-state index contributed by atoms with van der Waals surface area (Å²) in [4.78, 5) is 24.0. The minimum atomic E-state index is -0.801. The van der Waals surface area contributed by atoms with Crippen molar-refractivity contribution in [3.05, 3.63) is 64.3 Å². The van der Waals surface area contributed by atoms with Gasteiger partial charge in [0, 0.05) is 29.0 Å². The zero-order chi connectivity index (χ0) is 18.9. The lowest BCUT2D eigenvalue weighted by atomic mass is 9.75. The number of rotatable bonds is 2. The second-order valence-corrected chi connectivity index (χ2v) is 7.64. The van der Waals surface area contributed by atoms with Gasteiger partial charge in [-0.15, -0.1) is 0 Å². The summed E-state index contributed by atoms with van der Waals surface area (Å²) in [6.45, 7) is 2.10. The van der Waals surface area contributed by atoms with Crippen LogP contribution in [-0.4, -0.2) is 16.2 Å². The normalized spacial score (nSPS) is 29.0. The summed E-state index contributed by atoms with van der Waals surface area (Å²) < 4.78 is 5.89. The third kappa shape index (κ3) is 2.17. The van der Waals surface area contributed by atoms with Crippen molar-refractivity contribution in [2.24, 2.45) is 23.7 Å². The maximum absolute atomic E-state index is 12.2. The van der Waals surface area contributed by atoms with E-state index in [1.54, 1.807) is 18.2 Å². The van der Waals surface area contributed by atoms with Crippen LogP contribution in [0.1, 0.15) is 18.4 Å². The van der Waals surface area contributed by atoms with Gasteiger partial charge in [0.1, 0.15) is 17.1 Å². The molecule has 1 aromatic carbocycles. The quantitative estimate of drug-likeness (QED) is 0.534. The van der Waals surface area contributed by atoms with Crippen LogP contribution in [0.25, 0.3) is 22.3 Å². The maximum Gasteiger partial charge on any atom is 0.307 e. The summed E-state index contributed by atoms with van der Waals surface area (Å²) in [5.74, 6) is -0.703. The average molecular weight is 362 g/mol. The molecular formula is C22H18O5. The molecule has 3 aliphatic carbocycles. The maximum atomic E-state index is 12.2. The Morgan fingerprint density at radius 1 is 1.07 bits per heavy atom. The van der Waals surface area contributed by atoms with Crippen molar-refractivity contribution in [3.63, 3.8) is 0 Å². The third-order valence-corrected chi connectivity index (χ3v) is 6.32. The number of aromatic hydroxyl groups is 1. The number of allylic oxidation sites excluding steroid dienone is 2. The number of aliphatic carboxylic acids is 1. The number of carboxylic acid groups (broad SMARTS) is 1. The molecule has 5 rings (SSSR count). The third-order valence-electron chi connectivity index (χ3n) is 6.32. The lowest BCUT2D eigenvalue weighted by Gasteiger charge is -2.28. The number of carboxylic acids is 1. The minimum absolute atomic E-state index is 0.00404. The Balaban J connectivity index is 1.87. The molecule has 2 N–H and O–H groups in total. The van der Waals surface area contributed by atoms with Gasteiger partial charge in [-0.25, -0.2) is 0 Å². The Kier molecular flexibility index (Phi) is 3.26. The van der Waals surface area contributed by atoms with Crippen LogP contribution in [0, 0.1) is 23.7 Å². The number of carbonyl (C=O) groups is 1. The fourth-order valence-electron chi connectivity index (χ4n) is 5.18. The molecule has 5 atom stereocenters. The molecule has 1 heterocycles. The van der Waals surface area contributed by atoms with Gasteiger partial charge < -0.3 is 14.6 Å². The number of phenols is 1. The molecule has 1 fully saturated rings. The van der Waals surface area contributed by atoms with Crippen LogP contribution >= 0.6 is 0 Å². The Hall–Kier alpha value is -3.08. The van der Waals surface area contributed by atoms with Crippen LogP contribution in [-0.2, 0) is 4.79 Å². The first-order valence-corrected chi connectivity index (χ1v) is 9.06. The van der Waals surface area contributed by atoms with E-state index in [0.717, 1.165) is 16.5 Å². The van der Waals surface area contributed by atoms with Crippen molar-refractivity contribution in [1.82, 2.24) is 0 Å². The number of phenolic OH excluding ortho intramolecular Hbond substituents is 1. The number of benzene rings is 2. The number of hydrogen-bond acceptors (Lipinski definition) is 4.